The summed E-state index contributed by atoms with van der Waals surface area (Å²) in [5.41, 5.74) is 22.7. The number of aryl methyl sites for hydroxylation is 1. The van der Waals surface area contributed by atoms with Crippen molar-refractivity contribution in [3.8, 4) is 55.6 Å². The van der Waals surface area contributed by atoms with Gasteiger partial charge in [-0.25, -0.2) is 0 Å². The number of rotatable bonds is 10. The lowest BCUT2D eigenvalue weighted by Gasteiger charge is -2.35. The van der Waals surface area contributed by atoms with Crippen molar-refractivity contribution in [1.82, 2.24) is 0 Å². The second-order valence-corrected chi connectivity index (χ2v) is 19.0. The van der Waals surface area contributed by atoms with Crippen LogP contribution in [-0.4, -0.2) is 0 Å². The molecule has 70 heavy (non-hydrogen) atoms. The Morgan fingerprint density at radius 1 is 0.357 bits per heavy atom. The number of benzene rings is 11. The largest absolute Gasteiger partial charge is 0.310 e. The summed E-state index contributed by atoms with van der Waals surface area (Å²) in [6.07, 6.45) is 0. The molecule has 0 unspecified atom stereocenters. The molecule has 0 aliphatic heterocycles. The molecule has 0 N–H and O–H groups in total. The summed E-state index contributed by atoms with van der Waals surface area (Å²) in [5, 5.41) is 2.44. The molecule has 1 nitrogen and oxygen atoms in total. The van der Waals surface area contributed by atoms with E-state index in [2.05, 4.69) is 287 Å². The molecule has 334 valence electrons. The monoisotopic (exact) mass is 895 g/mol. The van der Waals surface area contributed by atoms with Crippen molar-refractivity contribution in [1.29, 1.82) is 0 Å². The van der Waals surface area contributed by atoms with Crippen LogP contribution in [0.2, 0.25) is 0 Å². The highest BCUT2D eigenvalue weighted by Gasteiger charge is 2.47. The molecule has 11 aromatic rings. The summed E-state index contributed by atoms with van der Waals surface area (Å²) in [6.45, 7) is 6.89. The minimum absolute atomic E-state index is 0.318. The average molecular weight is 896 g/mol. The molecule has 0 saturated heterocycles. The van der Waals surface area contributed by atoms with Crippen LogP contribution in [0.1, 0.15) is 53.1 Å². The van der Waals surface area contributed by atoms with E-state index in [1.807, 2.05) is 0 Å². The molecule has 0 saturated carbocycles. The molecule has 0 atom stereocenters. The SMILES string of the molecule is Cc1cccc2c1-c1ccc(N(c3ccc(-c4c(-c5ccccc5)cccc4-c4ccccc4)cc3)c3ccc4ccccc4c3-c3ccccc3C(C)C)cc1C2(c1ccccc1)c1ccccc1. The van der Waals surface area contributed by atoms with E-state index in [9.17, 15) is 0 Å². The van der Waals surface area contributed by atoms with E-state index in [0.717, 1.165) is 22.6 Å². The van der Waals surface area contributed by atoms with E-state index in [1.165, 1.54) is 94.2 Å². The number of anilines is 3. The van der Waals surface area contributed by atoms with Crippen LogP contribution in [0.25, 0.3) is 66.4 Å². The molecule has 12 rings (SSSR count). The van der Waals surface area contributed by atoms with Gasteiger partial charge >= 0.3 is 0 Å². The van der Waals surface area contributed by atoms with Gasteiger partial charge in [0.2, 0.25) is 0 Å². The number of nitrogens with zero attached hydrogens (tertiary/aromatic N) is 1. The Labute approximate surface area is 412 Å². The van der Waals surface area contributed by atoms with Gasteiger partial charge in [-0.2, -0.15) is 0 Å². The van der Waals surface area contributed by atoms with E-state index in [0.29, 0.717) is 5.92 Å². The fourth-order valence-electron chi connectivity index (χ4n) is 11.6. The van der Waals surface area contributed by atoms with E-state index in [1.54, 1.807) is 0 Å². The second kappa shape index (κ2) is 17.9. The number of fused-ring (bicyclic) bond motifs is 4. The highest BCUT2D eigenvalue weighted by atomic mass is 15.1. The molecule has 11 aromatic carbocycles. The third-order valence-electron chi connectivity index (χ3n) is 14.7. The quantitative estimate of drug-likeness (QED) is 0.132. The molecule has 0 aromatic heterocycles. The maximum absolute atomic E-state index is 2.53. The average Bonchev–Trinajstić information content (AvgIpc) is 3.73. The molecular formula is C69H53N. The predicted molar refractivity (Wildman–Crippen MR) is 297 cm³/mol. The molecule has 0 radical (unpaired) electrons. The summed E-state index contributed by atoms with van der Waals surface area (Å²) in [5.74, 6) is 0.318. The Bertz CT molecular complexity index is 3570. The minimum Gasteiger partial charge on any atom is -0.310 e. The van der Waals surface area contributed by atoms with Crippen LogP contribution in [0, 0.1) is 6.92 Å². The topological polar surface area (TPSA) is 3.24 Å². The molecule has 0 fully saturated rings. The normalized spacial score (nSPS) is 12.5. The van der Waals surface area contributed by atoms with Gasteiger partial charge in [0, 0.05) is 16.9 Å². The lowest BCUT2D eigenvalue weighted by atomic mass is 9.67. The Morgan fingerprint density at radius 3 is 1.54 bits per heavy atom. The van der Waals surface area contributed by atoms with Gasteiger partial charge in [0.05, 0.1) is 11.1 Å². The zero-order valence-corrected chi connectivity index (χ0v) is 39.9. The van der Waals surface area contributed by atoms with Crippen molar-refractivity contribution in [2.45, 2.75) is 32.1 Å². The molecule has 0 spiro atoms. The van der Waals surface area contributed by atoms with Crippen LogP contribution in [0.3, 0.4) is 0 Å². The fourth-order valence-corrected chi connectivity index (χ4v) is 11.6. The Kier molecular flexibility index (Phi) is 10.9. The molecule has 1 heteroatoms. The van der Waals surface area contributed by atoms with Gasteiger partial charge in [0.25, 0.3) is 0 Å². The number of hydrogen-bond donors (Lipinski definition) is 0. The maximum Gasteiger partial charge on any atom is 0.0714 e. The van der Waals surface area contributed by atoms with Crippen molar-refractivity contribution in [2.75, 3.05) is 4.90 Å². The molecular weight excluding hydrogens is 843 g/mol. The van der Waals surface area contributed by atoms with Crippen molar-refractivity contribution in [3.63, 3.8) is 0 Å². The van der Waals surface area contributed by atoms with E-state index in [4.69, 9.17) is 0 Å². The van der Waals surface area contributed by atoms with Gasteiger partial charge in [-0.05, 0) is 137 Å². The van der Waals surface area contributed by atoms with Crippen molar-refractivity contribution >= 4 is 27.8 Å². The van der Waals surface area contributed by atoms with Crippen LogP contribution in [0.15, 0.2) is 261 Å². The Balaban J connectivity index is 1.14. The first-order valence-electron chi connectivity index (χ1n) is 24.6. The first-order valence-corrected chi connectivity index (χ1v) is 24.6. The summed E-state index contributed by atoms with van der Waals surface area (Å²) in [4.78, 5) is 2.53. The second-order valence-electron chi connectivity index (χ2n) is 19.0. The number of hydrogen-bond acceptors (Lipinski definition) is 1. The third-order valence-corrected chi connectivity index (χ3v) is 14.7. The van der Waals surface area contributed by atoms with Crippen molar-refractivity contribution in [3.05, 3.63) is 294 Å². The van der Waals surface area contributed by atoms with Crippen LogP contribution >= 0.6 is 0 Å². The molecule has 0 amide bonds. The van der Waals surface area contributed by atoms with Gasteiger partial charge < -0.3 is 4.90 Å². The Hall–Kier alpha value is -8.52. The van der Waals surface area contributed by atoms with E-state index < -0.39 is 5.41 Å². The zero-order chi connectivity index (χ0) is 47.2. The maximum atomic E-state index is 2.53. The minimum atomic E-state index is -0.559. The highest BCUT2D eigenvalue weighted by molar-refractivity contribution is 6.06. The van der Waals surface area contributed by atoms with Gasteiger partial charge in [0.15, 0.2) is 0 Å². The van der Waals surface area contributed by atoms with Gasteiger partial charge in [-0.1, -0.05) is 244 Å². The fraction of sp³-hybridized carbons (Fsp3) is 0.0725. The summed E-state index contributed by atoms with van der Waals surface area (Å²) in [6, 6.07) is 96.7. The van der Waals surface area contributed by atoms with Crippen LogP contribution in [-0.2, 0) is 5.41 Å². The van der Waals surface area contributed by atoms with Crippen LogP contribution in [0.5, 0.6) is 0 Å². The summed E-state index contributed by atoms with van der Waals surface area (Å²) >= 11 is 0. The van der Waals surface area contributed by atoms with E-state index >= 15 is 0 Å². The first-order chi connectivity index (χ1) is 34.5. The molecule has 1 aliphatic rings. The summed E-state index contributed by atoms with van der Waals surface area (Å²) < 4.78 is 0. The van der Waals surface area contributed by atoms with Crippen molar-refractivity contribution < 1.29 is 0 Å². The standard InChI is InChI=1S/C69H53N/c1-47(2)57-32-18-19-34-61(57)68-60-33-17-16-27-51(60)40-45-65(68)70(55-41-38-52(39-42-55)67-58(49-23-8-4-9-24-49)35-21-36-59(67)50-25-10-5-11-26-50)56-43-44-62-64(46-56)69(53-28-12-6-13-29-53,54-30-14-7-15-31-54)63-37-20-22-48(3)66(62)63/h4-47H,1-3H3. The lowest BCUT2D eigenvalue weighted by molar-refractivity contribution is 0.768. The van der Waals surface area contributed by atoms with E-state index in [-0.39, 0.29) is 0 Å². The smallest absolute Gasteiger partial charge is 0.0714 e. The third kappa shape index (κ3) is 7.08. The lowest BCUT2D eigenvalue weighted by Crippen LogP contribution is -2.28. The van der Waals surface area contributed by atoms with Crippen LogP contribution in [0.4, 0.5) is 17.1 Å². The van der Waals surface area contributed by atoms with Gasteiger partial charge in [-0.15, -0.1) is 0 Å². The highest BCUT2D eigenvalue weighted by Crippen LogP contribution is 2.58. The molecule has 1 aliphatic carbocycles. The summed E-state index contributed by atoms with van der Waals surface area (Å²) in [7, 11) is 0. The van der Waals surface area contributed by atoms with Gasteiger partial charge in [-0.3, -0.25) is 0 Å². The van der Waals surface area contributed by atoms with Crippen LogP contribution < -0.4 is 4.90 Å². The molecule has 0 bridgehead atoms. The zero-order valence-electron chi connectivity index (χ0n) is 39.9. The van der Waals surface area contributed by atoms with Gasteiger partial charge in [0.1, 0.15) is 0 Å². The predicted octanol–water partition coefficient (Wildman–Crippen LogP) is 18.8. The molecule has 0 heterocycles. The Morgan fingerprint density at radius 2 is 0.900 bits per heavy atom. The first kappa shape index (κ1) is 42.8. The van der Waals surface area contributed by atoms with Crippen molar-refractivity contribution in [2.24, 2.45) is 0 Å².